The summed E-state index contributed by atoms with van der Waals surface area (Å²) in [6.45, 7) is 2.73. The van der Waals surface area contributed by atoms with E-state index in [2.05, 4.69) is 18.2 Å². The normalized spacial score (nSPS) is 14.6. The Bertz CT molecular complexity index is 1290. The average molecular weight is 497 g/mol. The highest BCUT2D eigenvalue weighted by Gasteiger charge is 2.25. The summed E-state index contributed by atoms with van der Waals surface area (Å²) >= 11 is 0. The van der Waals surface area contributed by atoms with Crippen LogP contribution in [0.25, 0.3) is 0 Å². The van der Waals surface area contributed by atoms with Gasteiger partial charge in [0.05, 0.1) is 14.2 Å². The summed E-state index contributed by atoms with van der Waals surface area (Å²) in [5.41, 5.74) is 3.20. The minimum Gasteiger partial charge on any atom is -0.493 e. The standard InChI is InChI=1S/C31H32N2O4/c1-23(34)28-22-32(21-24-10-6-4-7-11-24)18-16-25(28)17-19-33(27-12-8-5-9-13-27)31(35)26-14-15-29(36-2)30(20-26)37-3/h4-16,18,20,22,25H,17,19,21H2,1-3H3. The van der Waals surface area contributed by atoms with Crippen molar-refractivity contribution in [2.24, 2.45) is 5.92 Å². The maximum absolute atomic E-state index is 13.7. The monoisotopic (exact) mass is 496 g/mol. The Morgan fingerprint density at radius 2 is 1.57 bits per heavy atom. The van der Waals surface area contributed by atoms with Gasteiger partial charge in [-0.1, -0.05) is 54.6 Å². The van der Waals surface area contributed by atoms with E-state index in [9.17, 15) is 9.59 Å². The first-order valence-electron chi connectivity index (χ1n) is 12.3. The fourth-order valence-electron chi connectivity index (χ4n) is 4.48. The van der Waals surface area contributed by atoms with Crippen LogP contribution >= 0.6 is 0 Å². The molecule has 1 heterocycles. The van der Waals surface area contributed by atoms with Crippen molar-refractivity contribution in [3.8, 4) is 11.5 Å². The molecule has 0 spiro atoms. The van der Waals surface area contributed by atoms with Gasteiger partial charge in [-0.25, -0.2) is 0 Å². The third-order valence-corrected chi connectivity index (χ3v) is 6.44. The molecule has 1 aliphatic heterocycles. The van der Waals surface area contributed by atoms with E-state index < -0.39 is 0 Å². The van der Waals surface area contributed by atoms with Gasteiger partial charge in [0.2, 0.25) is 0 Å². The van der Waals surface area contributed by atoms with Crippen molar-refractivity contribution in [3.05, 3.63) is 114 Å². The highest BCUT2D eigenvalue weighted by atomic mass is 16.5. The lowest BCUT2D eigenvalue weighted by molar-refractivity contribution is -0.114. The van der Waals surface area contributed by atoms with E-state index in [1.807, 2.05) is 65.8 Å². The van der Waals surface area contributed by atoms with E-state index in [4.69, 9.17) is 9.47 Å². The fraction of sp³-hybridized carbons (Fsp3) is 0.226. The summed E-state index contributed by atoms with van der Waals surface area (Å²) < 4.78 is 10.7. The largest absolute Gasteiger partial charge is 0.493 e. The minimum atomic E-state index is -0.147. The number of hydrogen-bond donors (Lipinski definition) is 0. The van der Waals surface area contributed by atoms with Gasteiger partial charge in [0, 0.05) is 48.2 Å². The molecule has 0 N–H and O–H groups in total. The van der Waals surface area contributed by atoms with Crippen molar-refractivity contribution < 1.29 is 19.1 Å². The number of benzene rings is 3. The van der Waals surface area contributed by atoms with Crippen LogP contribution in [0.4, 0.5) is 5.69 Å². The first-order valence-corrected chi connectivity index (χ1v) is 12.3. The van der Waals surface area contributed by atoms with Crippen LogP contribution in [0.2, 0.25) is 0 Å². The zero-order valence-electron chi connectivity index (χ0n) is 21.5. The topological polar surface area (TPSA) is 59.1 Å². The quantitative estimate of drug-likeness (QED) is 0.352. The summed E-state index contributed by atoms with van der Waals surface area (Å²) in [7, 11) is 3.11. The number of para-hydroxylation sites is 1. The number of carbonyl (C=O) groups is 2. The molecule has 190 valence electrons. The minimum absolute atomic E-state index is 0.0323. The number of amides is 1. The van der Waals surface area contributed by atoms with Gasteiger partial charge in [0.1, 0.15) is 0 Å². The van der Waals surface area contributed by atoms with Gasteiger partial charge in [0.25, 0.3) is 5.91 Å². The van der Waals surface area contributed by atoms with Gasteiger partial charge in [-0.3, -0.25) is 9.59 Å². The molecule has 4 rings (SSSR count). The molecule has 1 amide bonds. The molecule has 0 saturated carbocycles. The van der Waals surface area contributed by atoms with Crippen LogP contribution in [0, 0.1) is 5.92 Å². The van der Waals surface area contributed by atoms with E-state index in [1.54, 1.807) is 44.2 Å². The van der Waals surface area contributed by atoms with Crippen LogP contribution < -0.4 is 14.4 Å². The highest BCUT2D eigenvalue weighted by molar-refractivity contribution is 6.06. The second-order valence-electron chi connectivity index (χ2n) is 8.90. The van der Waals surface area contributed by atoms with Crippen molar-refractivity contribution in [3.63, 3.8) is 0 Å². The molecule has 0 fully saturated rings. The van der Waals surface area contributed by atoms with Gasteiger partial charge in [-0.05, 0) is 49.2 Å². The zero-order valence-corrected chi connectivity index (χ0v) is 21.5. The molecule has 0 radical (unpaired) electrons. The van der Waals surface area contributed by atoms with E-state index in [1.165, 1.54) is 5.56 Å². The number of allylic oxidation sites excluding steroid dienone is 2. The third-order valence-electron chi connectivity index (χ3n) is 6.44. The van der Waals surface area contributed by atoms with Crippen molar-refractivity contribution >= 4 is 17.4 Å². The smallest absolute Gasteiger partial charge is 0.258 e. The van der Waals surface area contributed by atoms with Crippen LogP contribution in [0.15, 0.2) is 103 Å². The molecule has 3 aromatic rings. The van der Waals surface area contributed by atoms with E-state index in [0.29, 0.717) is 36.6 Å². The number of carbonyl (C=O) groups excluding carboxylic acids is 2. The molecule has 0 aromatic heterocycles. The molecule has 1 unspecified atom stereocenters. The van der Waals surface area contributed by atoms with Gasteiger partial charge in [-0.2, -0.15) is 0 Å². The van der Waals surface area contributed by atoms with Crippen molar-refractivity contribution in [2.45, 2.75) is 19.9 Å². The molecule has 1 aliphatic rings. The van der Waals surface area contributed by atoms with E-state index in [0.717, 1.165) is 11.3 Å². The number of anilines is 1. The molecular weight excluding hydrogens is 464 g/mol. The molecule has 1 atom stereocenters. The van der Waals surface area contributed by atoms with Crippen molar-refractivity contribution in [1.29, 1.82) is 0 Å². The summed E-state index contributed by atoms with van der Waals surface area (Å²) in [5, 5.41) is 0. The third kappa shape index (κ3) is 6.28. The SMILES string of the molecule is COc1ccc(C(=O)N(CCC2C=CN(Cc3ccccc3)C=C2C(C)=O)c2ccccc2)cc1OC. The number of ketones is 1. The van der Waals surface area contributed by atoms with Gasteiger partial charge in [-0.15, -0.1) is 0 Å². The number of ether oxygens (including phenoxy) is 2. The van der Waals surface area contributed by atoms with Crippen LogP contribution in [-0.4, -0.2) is 37.4 Å². The number of methoxy groups -OCH3 is 2. The second kappa shape index (κ2) is 12.1. The Morgan fingerprint density at radius 3 is 2.22 bits per heavy atom. The first-order chi connectivity index (χ1) is 18.0. The van der Waals surface area contributed by atoms with E-state index in [-0.39, 0.29) is 17.6 Å². The molecule has 0 bridgehead atoms. The van der Waals surface area contributed by atoms with Crippen molar-refractivity contribution in [1.82, 2.24) is 4.90 Å². The zero-order chi connectivity index (χ0) is 26.2. The Balaban J connectivity index is 1.54. The predicted molar refractivity (Wildman–Crippen MR) is 146 cm³/mol. The Labute approximate surface area is 218 Å². The summed E-state index contributed by atoms with van der Waals surface area (Å²) in [4.78, 5) is 30.0. The molecular formula is C31H32N2O4. The summed E-state index contributed by atoms with van der Waals surface area (Å²) in [6.07, 6.45) is 6.62. The maximum atomic E-state index is 13.7. The lowest BCUT2D eigenvalue weighted by Gasteiger charge is -2.29. The van der Waals surface area contributed by atoms with Gasteiger partial charge < -0.3 is 19.3 Å². The number of hydrogen-bond acceptors (Lipinski definition) is 5. The van der Waals surface area contributed by atoms with Gasteiger partial charge in [0.15, 0.2) is 17.3 Å². The Morgan fingerprint density at radius 1 is 0.892 bits per heavy atom. The average Bonchev–Trinajstić information content (AvgIpc) is 2.94. The number of nitrogens with zero attached hydrogens (tertiary/aromatic N) is 2. The Hall–Kier alpha value is -4.32. The first kappa shape index (κ1) is 25.8. The molecule has 6 nitrogen and oxygen atoms in total. The van der Waals surface area contributed by atoms with Gasteiger partial charge >= 0.3 is 0 Å². The number of Topliss-reactive ketones (excluding diaryl/α,β-unsaturated/α-hetero) is 1. The molecule has 0 aliphatic carbocycles. The lowest BCUT2D eigenvalue weighted by atomic mass is 9.91. The van der Waals surface area contributed by atoms with Crippen LogP contribution in [0.5, 0.6) is 11.5 Å². The predicted octanol–water partition coefficient (Wildman–Crippen LogP) is 5.86. The molecule has 0 saturated heterocycles. The lowest BCUT2D eigenvalue weighted by Crippen LogP contribution is -2.33. The van der Waals surface area contributed by atoms with Crippen LogP contribution in [-0.2, 0) is 11.3 Å². The number of rotatable bonds is 10. The Kier molecular flexibility index (Phi) is 8.41. The summed E-state index contributed by atoms with van der Waals surface area (Å²) in [6, 6.07) is 24.9. The summed E-state index contributed by atoms with van der Waals surface area (Å²) in [5.74, 6) is 0.857. The maximum Gasteiger partial charge on any atom is 0.258 e. The fourth-order valence-corrected chi connectivity index (χ4v) is 4.48. The van der Waals surface area contributed by atoms with Crippen LogP contribution in [0.1, 0.15) is 29.3 Å². The van der Waals surface area contributed by atoms with Crippen LogP contribution in [0.3, 0.4) is 0 Å². The van der Waals surface area contributed by atoms with E-state index >= 15 is 0 Å². The molecule has 3 aromatic carbocycles. The second-order valence-corrected chi connectivity index (χ2v) is 8.90. The molecule has 37 heavy (non-hydrogen) atoms. The highest BCUT2D eigenvalue weighted by Crippen LogP contribution is 2.30. The molecule has 6 heteroatoms. The van der Waals surface area contributed by atoms with Crippen molar-refractivity contribution in [2.75, 3.05) is 25.7 Å².